The molecular formula is C24H31NO6S. The maximum absolute atomic E-state index is 13.6. The van der Waals surface area contributed by atoms with Crippen LogP contribution in [0.3, 0.4) is 0 Å². The Labute approximate surface area is 190 Å². The van der Waals surface area contributed by atoms with Gasteiger partial charge in [0.05, 0.1) is 26.2 Å². The van der Waals surface area contributed by atoms with E-state index in [0.29, 0.717) is 23.0 Å². The molecule has 0 spiro atoms. The summed E-state index contributed by atoms with van der Waals surface area (Å²) < 4.78 is 51.0. The predicted octanol–water partition coefficient (Wildman–Crippen LogP) is 4.50. The van der Waals surface area contributed by atoms with Crippen molar-refractivity contribution < 1.29 is 27.4 Å². The van der Waals surface area contributed by atoms with Crippen LogP contribution in [0.2, 0.25) is 0 Å². The van der Waals surface area contributed by atoms with E-state index in [9.17, 15) is 8.42 Å². The Hall–Kier alpha value is -2.71. The highest BCUT2D eigenvalue weighted by Crippen LogP contribution is 2.42. The minimum atomic E-state index is -3.84. The van der Waals surface area contributed by atoms with Crippen molar-refractivity contribution in [2.24, 2.45) is 0 Å². The van der Waals surface area contributed by atoms with Crippen molar-refractivity contribution in [1.29, 1.82) is 0 Å². The molecule has 0 atom stereocenters. The lowest BCUT2D eigenvalue weighted by Crippen LogP contribution is -2.36. The number of ether oxygens (including phenoxy) is 4. The van der Waals surface area contributed by atoms with Crippen LogP contribution in [0.15, 0.2) is 41.3 Å². The lowest BCUT2D eigenvalue weighted by atomic mass is 10.00. The summed E-state index contributed by atoms with van der Waals surface area (Å²) in [7, 11) is 0.710. The first-order chi connectivity index (χ1) is 15.0. The lowest BCUT2D eigenvalue weighted by Gasteiger charge is -2.31. The van der Waals surface area contributed by atoms with Gasteiger partial charge in [0.25, 0.3) is 0 Å². The van der Waals surface area contributed by atoms with Gasteiger partial charge in [0.2, 0.25) is 10.0 Å². The first-order valence-electron chi connectivity index (χ1n) is 10.4. The minimum absolute atomic E-state index is 0.123. The smallest absolute Gasteiger partial charge is 0.243 e. The van der Waals surface area contributed by atoms with E-state index in [-0.39, 0.29) is 17.5 Å². The average Bonchev–Trinajstić information content (AvgIpc) is 2.75. The molecule has 0 aliphatic carbocycles. The number of hydrogen-bond donors (Lipinski definition) is 0. The molecule has 3 rings (SSSR count). The summed E-state index contributed by atoms with van der Waals surface area (Å²) in [4.78, 5) is 0.126. The number of sulfonamides is 1. The van der Waals surface area contributed by atoms with Gasteiger partial charge in [-0.1, -0.05) is 18.2 Å². The Bertz CT molecular complexity index is 1120. The fraction of sp³-hybridized carbons (Fsp3) is 0.417. The van der Waals surface area contributed by atoms with Crippen LogP contribution in [0.1, 0.15) is 38.8 Å². The molecule has 32 heavy (non-hydrogen) atoms. The number of hydrogen-bond acceptors (Lipinski definition) is 6. The zero-order chi connectivity index (χ0) is 23.7. The molecule has 0 saturated carbocycles. The van der Waals surface area contributed by atoms with Crippen molar-refractivity contribution in [3.8, 4) is 23.0 Å². The number of methoxy groups -OCH3 is 3. The van der Waals surface area contributed by atoms with E-state index in [1.165, 1.54) is 30.7 Å². The van der Waals surface area contributed by atoms with Crippen LogP contribution in [-0.2, 0) is 16.6 Å². The van der Waals surface area contributed by atoms with E-state index in [1.807, 2.05) is 52.0 Å². The standard InChI is InChI=1S/C24H31NO6S/c1-16(2)25(32(26,27)19-10-11-20(28-5)21(14-19)29-6)15-18-9-8-17-12-13-24(3,4)31-23(17)22(18)30-7/h8-14,16H,15H2,1-7H3. The molecule has 0 radical (unpaired) electrons. The third kappa shape index (κ3) is 4.56. The van der Waals surface area contributed by atoms with E-state index in [0.717, 1.165) is 11.1 Å². The summed E-state index contributed by atoms with van der Waals surface area (Å²) in [5.74, 6) is 1.97. The van der Waals surface area contributed by atoms with E-state index >= 15 is 0 Å². The van der Waals surface area contributed by atoms with Gasteiger partial charge in [0, 0.05) is 29.8 Å². The van der Waals surface area contributed by atoms with Gasteiger partial charge < -0.3 is 18.9 Å². The van der Waals surface area contributed by atoms with Crippen molar-refractivity contribution in [3.63, 3.8) is 0 Å². The normalized spacial score (nSPS) is 14.8. The highest BCUT2D eigenvalue weighted by molar-refractivity contribution is 7.89. The van der Waals surface area contributed by atoms with Crippen molar-refractivity contribution in [3.05, 3.63) is 47.5 Å². The molecular weight excluding hydrogens is 430 g/mol. The van der Waals surface area contributed by atoms with Gasteiger partial charge in [-0.15, -0.1) is 0 Å². The number of benzene rings is 2. The zero-order valence-electron chi connectivity index (χ0n) is 19.6. The molecule has 0 amide bonds. The van der Waals surface area contributed by atoms with Crippen molar-refractivity contribution in [1.82, 2.24) is 4.31 Å². The fourth-order valence-electron chi connectivity index (χ4n) is 3.62. The Kier molecular flexibility index (Phi) is 6.76. The first kappa shape index (κ1) is 23.9. The maximum atomic E-state index is 13.6. The largest absolute Gasteiger partial charge is 0.493 e. The molecule has 0 bridgehead atoms. The summed E-state index contributed by atoms with van der Waals surface area (Å²) in [6.45, 7) is 7.72. The number of fused-ring (bicyclic) bond motifs is 1. The van der Waals surface area contributed by atoms with Crippen LogP contribution < -0.4 is 18.9 Å². The summed E-state index contributed by atoms with van der Waals surface area (Å²) in [6, 6.07) is 8.08. The average molecular weight is 462 g/mol. The van der Waals surface area contributed by atoms with Gasteiger partial charge in [-0.2, -0.15) is 4.31 Å². The molecule has 8 heteroatoms. The van der Waals surface area contributed by atoms with Crippen LogP contribution in [0, 0.1) is 0 Å². The summed E-state index contributed by atoms with van der Waals surface area (Å²) in [5.41, 5.74) is 1.13. The Morgan fingerprint density at radius 2 is 1.69 bits per heavy atom. The monoisotopic (exact) mass is 461 g/mol. The van der Waals surface area contributed by atoms with Crippen molar-refractivity contribution in [2.75, 3.05) is 21.3 Å². The van der Waals surface area contributed by atoms with Crippen LogP contribution in [0.5, 0.6) is 23.0 Å². The molecule has 0 aromatic heterocycles. The van der Waals surface area contributed by atoms with Crippen LogP contribution in [0.4, 0.5) is 0 Å². The SMILES string of the molecule is COc1ccc(S(=O)(=O)N(Cc2ccc3c(c2OC)OC(C)(C)C=C3)C(C)C)cc1OC. The van der Waals surface area contributed by atoms with Crippen molar-refractivity contribution >= 4 is 16.1 Å². The quantitative estimate of drug-likeness (QED) is 0.576. The van der Waals surface area contributed by atoms with Gasteiger partial charge >= 0.3 is 0 Å². The molecule has 2 aromatic carbocycles. The maximum Gasteiger partial charge on any atom is 0.243 e. The molecule has 0 saturated heterocycles. The van der Waals surface area contributed by atoms with E-state index in [2.05, 4.69) is 0 Å². The second-order valence-corrected chi connectivity index (χ2v) is 10.3. The number of rotatable bonds is 8. The molecule has 1 aliphatic rings. The minimum Gasteiger partial charge on any atom is -0.493 e. The second-order valence-electron chi connectivity index (χ2n) is 8.38. The molecule has 174 valence electrons. The van der Waals surface area contributed by atoms with Gasteiger partial charge in [-0.25, -0.2) is 8.42 Å². The Morgan fingerprint density at radius 1 is 1.00 bits per heavy atom. The number of nitrogens with zero attached hydrogens (tertiary/aromatic N) is 1. The van der Waals surface area contributed by atoms with Gasteiger partial charge in [-0.05, 0) is 45.9 Å². The third-order valence-corrected chi connectivity index (χ3v) is 7.34. The van der Waals surface area contributed by atoms with E-state index in [4.69, 9.17) is 18.9 Å². The van der Waals surface area contributed by atoms with Gasteiger partial charge in [0.1, 0.15) is 5.60 Å². The highest BCUT2D eigenvalue weighted by Gasteiger charge is 2.31. The molecule has 0 N–H and O–H groups in total. The Balaban J connectivity index is 2.04. The molecule has 7 nitrogen and oxygen atoms in total. The molecule has 1 aliphatic heterocycles. The molecule has 0 unspecified atom stereocenters. The lowest BCUT2D eigenvalue weighted by molar-refractivity contribution is 0.151. The second kappa shape index (κ2) is 9.03. The molecule has 1 heterocycles. The molecule has 0 fully saturated rings. The van der Waals surface area contributed by atoms with Crippen LogP contribution in [0.25, 0.3) is 6.08 Å². The van der Waals surface area contributed by atoms with Crippen LogP contribution in [-0.4, -0.2) is 45.7 Å². The van der Waals surface area contributed by atoms with E-state index < -0.39 is 15.6 Å². The zero-order valence-corrected chi connectivity index (χ0v) is 20.4. The third-order valence-electron chi connectivity index (χ3n) is 5.32. The Morgan fingerprint density at radius 3 is 2.28 bits per heavy atom. The van der Waals surface area contributed by atoms with E-state index in [1.54, 1.807) is 13.2 Å². The van der Waals surface area contributed by atoms with Crippen molar-refractivity contribution in [2.45, 2.75) is 50.8 Å². The summed E-state index contributed by atoms with van der Waals surface area (Å²) in [6.07, 6.45) is 3.97. The topological polar surface area (TPSA) is 74.3 Å². The summed E-state index contributed by atoms with van der Waals surface area (Å²) in [5, 5.41) is 0. The van der Waals surface area contributed by atoms with Gasteiger partial charge in [0.15, 0.2) is 23.0 Å². The van der Waals surface area contributed by atoms with Crippen LogP contribution >= 0.6 is 0 Å². The first-order valence-corrected chi connectivity index (χ1v) is 11.8. The molecule has 2 aromatic rings. The summed E-state index contributed by atoms with van der Waals surface area (Å²) >= 11 is 0. The van der Waals surface area contributed by atoms with Gasteiger partial charge in [-0.3, -0.25) is 0 Å². The highest BCUT2D eigenvalue weighted by atomic mass is 32.2. The predicted molar refractivity (Wildman–Crippen MR) is 124 cm³/mol. The fourth-order valence-corrected chi connectivity index (χ4v) is 5.25.